The second kappa shape index (κ2) is 12.4. The third-order valence-corrected chi connectivity index (χ3v) is 4.24. The Labute approximate surface area is 161 Å². The average molecular weight is 382 g/mol. The van der Waals surface area contributed by atoms with Gasteiger partial charge in [-0.05, 0) is 37.5 Å². The van der Waals surface area contributed by atoms with E-state index in [1.54, 1.807) is 0 Å². The fourth-order valence-electron chi connectivity index (χ4n) is 2.89. The number of carbonyl (C=O) groups excluding carboxylic acids is 2. The SMILES string of the molecule is CC.CCCC(=O)OC[C@H](OC1CCC(=O)CC1)c1cc(F)ccc1OC. The predicted molar refractivity (Wildman–Crippen MR) is 101 cm³/mol. The van der Waals surface area contributed by atoms with Crippen molar-refractivity contribution >= 4 is 11.8 Å². The summed E-state index contributed by atoms with van der Waals surface area (Å²) < 4.78 is 30.4. The number of halogens is 1. The van der Waals surface area contributed by atoms with E-state index in [-0.39, 0.29) is 24.5 Å². The van der Waals surface area contributed by atoms with Crippen LogP contribution in [-0.4, -0.2) is 31.6 Å². The Morgan fingerprint density at radius 2 is 1.93 bits per heavy atom. The van der Waals surface area contributed by atoms with E-state index in [4.69, 9.17) is 14.2 Å². The van der Waals surface area contributed by atoms with Crippen molar-refractivity contribution in [1.82, 2.24) is 0 Å². The molecule has 6 heteroatoms. The molecule has 1 aromatic carbocycles. The lowest BCUT2D eigenvalue weighted by molar-refractivity contribution is -0.151. The fourth-order valence-corrected chi connectivity index (χ4v) is 2.89. The zero-order valence-corrected chi connectivity index (χ0v) is 16.8. The van der Waals surface area contributed by atoms with Crippen LogP contribution in [0.2, 0.25) is 0 Å². The third-order valence-electron chi connectivity index (χ3n) is 4.24. The van der Waals surface area contributed by atoms with Gasteiger partial charge in [0.1, 0.15) is 30.1 Å². The largest absolute Gasteiger partial charge is 0.496 e. The number of Topliss-reactive ketones (excluding diaryl/α,β-unsaturated/α-hetero) is 1. The maximum Gasteiger partial charge on any atom is 0.305 e. The van der Waals surface area contributed by atoms with Gasteiger partial charge in [0, 0.05) is 24.8 Å². The second-order valence-electron chi connectivity index (χ2n) is 6.18. The van der Waals surface area contributed by atoms with Gasteiger partial charge in [0.05, 0.1) is 13.2 Å². The summed E-state index contributed by atoms with van der Waals surface area (Å²) in [7, 11) is 1.50. The summed E-state index contributed by atoms with van der Waals surface area (Å²) in [4.78, 5) is 23.1. The van der Waals surface area contributed by atoms with E-state index in [0.717, 1.165) is 0 Å². The first-order valence-corrected chi connectivity index (χ1v) is 9.69. The first-order valence-electron chi connectivity index (χ1n) is 9.69. The van der Waals surface area contributed by atoms with E-state index < -0.39 is 11.9 Å². The Balaban J connectivity index is 0.00000176. The van der Waals surface area contributed by atoms with Crippen molar-refractivity contribution in [2.24, 2.45) is 0 Å². The quantitative estimate of drug-likeness (QED) is 0.606. The lowest BCUT2D eigenvalue weighted by Crippen LogP contribution is -2.26. The summed E-state index contributed by atoms with van der Waals surface area (Å²) in [5.74, 6) is -0.0210. The van der Waals surface area contributed by atoms with Crippen molar-refractivity contribution in [3.8, 4) is 5.75 Å². The van der Waals surface area contributed by atoms with Crippen LogP contribution < -0.4 is 4.74 Å². The maximum atomic E-state index is 13.7. The zero-order valence-electron chi connectivity index (χ0n) is 16.8. The van der Waals surface area contributed by atoms with Gasteiger partial charge in [0.15, 0.2) is 0 Å². The minimum absolute atomic E-state index is 0.0108. The van der Waals surface area contributed by atoms with E-state index in [1.165, 1.54) is 25.3 Å². The molecule has 0 amide bonds. The number of ether oxygens (including phenoxy) is 3. The molecule has 152 valence electrons. The Bertz CT molecular complexity index is 592. The molecule has 1 aliphatic rings. The highest BCUT2D eigenvalue weighted by molar-refractivity contribution is 5.79. The summed E-state index contributed by atoms with van der Waals surface area (Å²) >= 11 is 0. The van der Waals surface area contributed by atoms with Crippen LogP contribution in [0.25, 0.3) is 0 Å². The molecule has 0 unspecified atom stereocenters. The lowest BCUT2D eigenvalue weighted by Gasteiger charge is -2.28. The highest BCUT2D eigenvalue weighted by atomic mass is 19.1. The van der Waals surface area contributed by atoms with Crippen LogP contribution in [0.5, 0.6) is 5.75 Å². The van der Waals surface area contributed by atoms with Gasteiger partial charge >= 0.3 is 5.97 Å². The maximum absolute atomic E-state index is 13.7. The van der Waals surface area contributed by atoms with Crippen molar-refractivity contribution in [2.45, 2.75) is 71.5 Å². The molecular weight excluding hydrogens is 351 g/mol. The van der Waals surface area contributed by atoms with Crippen molar-refractivity contribution in [3.05, 3.63) is 29.6 Å². The molecule has 0 aromatic heterocycles. The van der Waals surface area contributed by atoms with Crippen molar-refractivity contribution in [3.63, 3.8) is 0 Å². The van der Waals surface area contributed by atoms with Gasteiger partial charge in [0.25, 0.3) is 0 Å². The minimum atomic E-state index is -0.635. The van der Waals surface area contributed by atoms with Crippen LogP contribution in [0, 0.1) is 5.82 Å². The second-order valence-corrected chi connectivity index (χ2v) is 6.18. The van der Waals surface area contributed by atoms with Gasteiger partial charge in [-0.25, -0.2) is 4.39 Å². The third kappa shape index (κ3) is 7.67. The summed E-state index contributed by atoms with van der Waals surface area (Å²) in [6, 6.07) is 4.17. The molecule has 0 heterocycles. The molecule has 0 N–H and O–H groups in total. The monoisotopic (exact) mass is 382 g/mol. The van der Waals surface area contributed by atoms with Crippen LogP contribution in [-0.2, 0) is 19.1 Å². The summed E-state index contributed by atoms with van der Waals surface area (Å²) in [5, 5.41) is 0. The molecule has 27 heavy (non-hydrogen) atoms. The van der Waals surface area contributed by atoms with E-state index in [9.17, 15) is 14.0 Å². The Kier molecular flexibility index (Phi) is 10.6. The van der Waals surface area contributed by atoms with Gasteiger partial charge in [-0.3, -0.25) is 9.59 Å². The number of esters is 1. The number of methoxy groups -OCH3 is 1. The highest BCUT2D eigenvalue weighted by Crippen LogP contribution is 2.32. The summed E-state index contributed by atoms with van der Waals surface area (Å²) in [6.45, 7) is 5.88. The lowest BCUT2D eigenvalue weighted by atomic mass is 9.96. The zero-order chi connectivity index (χ0) is 20.2. The number of benzene rings is 1. The number of hydrogen-bond donors (Lipinski definition) is 0. The number of hydrogen-bond acceptors (Lipinski definition) is 5. The van der Waals surface area contributed by atoms with Crippen molar-refractivity contribution in [1.29, 1.82) is 0 Å². The average Bonchev–Trinajstić information content (AvgIpc) is 2.68. The minimum Gasteiger partial charge on any atom is -0.496 e. The normalized spacial score (nSPS) is 15.5. The van der Waals surface area contributed by atoms with Crippen LogP contribution in [0.4, 0.5) is 4.39 Å². The predicted octanol–water partition coefficient (Wildman–Crippen LogP) is 4.77. The van der Waals surface area contributed by atoms with E-state index >= 15 is 0 Å². The number of ketones is 1. The van der Waals surface area contributed by atoms with Crippen molar-refractivity contribution in [2.75, 3.05) is 13.7 Å². The molecule has 0 aliphatic heterocycles. The molecule has 0 radical (unpaired) electrons. The molecular formula is C21H31FO5. The standard InChI is InChI=1S/C19H25FO5.C2H6/c1-3-4-19(22)24-12-18(25-15-8-6-14(21)7-9-15)16-11-13(20)5-10-17(16)23-2;1-2/h5,10-11,15,18H,3-4,6-9,12H2,1-2H3;1-2H3/t18-;/m0./s1. The first-order chi connectivity index (χ1) is 13.0. The molecule has 1 saturated carbocycles. The Hall–Kier alpha value is -1.95. The number of carbonyl (C=O) groups is 2. The topological polar surface area (TPSA) is 61.8 Å². The summed E-state index contributed by atoms with van der Waals surface area (Å²) in [6.07, 6.45) is 2.46. The molecule has 0 spiro atoms. The first kappa shape index (κ1) is 23.1. The van der Waals surface area contributed by atoms with Crippen LogP contribution in [0.3, 0.4) is 0 Å². The van der Waals surface area contributed by atoms with Crippen LogP contribution >= 0.6 is 0 Å². The van der Waals surface area contributed by atoms with Gasteiger partial charge in [-0.2, -0.15) is 0 Å². The smallest absolute Gasteiger partial charge is 0.305 e. The van der Waals surface area contributed by atoms with Gasteiger partial charge in [0.2, 0.25) is 0 Å². The molecule has 2 rings (SSSR count). The van der Waals surface area contributed by atoms with Gasteiger partial charge in [-0.1, -0.05) is 20.8 Å². The Morgan fingerprint density at radius 1 is 1.26 bits per heavy atom. The van der Waals surface area contributed by atoms with Crippen molar-refractivity contribution < 1.29 is 28.2 Å². The van der Waals surface area contributed by atoms with E-state index in [2.05, 4.69) is 0 Å². The Morgan fingerprint density at radius 3 is 2.52 bits per heavy atom. The molecule has 5 nitrogen and oxygen atoms in total. The summed E-state index contributed by atoms with van der Waals surface area (Å²) in [5.41, 5.74) is 0.503. The van der Waals surface area contributed by atoms with Crippen LogP contribution in [0.1, 0.15) is 71.0 Å². The molecule has 1 fully saturated rings. The molecule has 0 saturated heterocycles. The highest BCUT2D eigenvalue weighted by Gasteiger charge is 2.26. The van der Waals surface area contributed by atoms with E-state index in [0.29, 0.717) is 49.8 Å². The van der Waals surface area contributed by atoms with Crippen LogP contribution in [0.15, 0.2) is 18.2 Å². The number of rotatable bonds is 8. The molecule has 1 aliphatic carbocycles. The van der Waals surface area contributed by atoms with E-state index in [1.807, 2.05) is 20.8 Å². The molecule has 1 aromatic rings. The van der Waals surface area contributed by atoms with Gasteiger partial charge in [-0.15, -0.1) is 0 Å². The fraction of sp³-hybridized carbons (Fsp3) is 0.619. The molecule has 1 atom stereocenters. The molecule has 0 bridgehead atoms. The van der Waals surface area contributed by atoms with Gasteiger partial charge < -0.3 is 14.2 Å².